The molecule has 0 saturated heterocycles. The van der Waals surface area contributed by atoms with Gasteiger partial charge in [-0.25, -0.2) is 9.97 Å². The van der Waals surface area contributed by atoms with Gasteiger partial charge in [0, 0.05) is 20.2 Å². The molecule has 1 amide bonds. The van der Waals surface area contributed by atoms with Gasteiger partial charge in [0.15, 0.2) is 0 Å². The van der Waals surface area contributed by atoms with Crippen molar-refractivity contribution in [3.8, 4) is 5.75 Å². The maximum atomic E-state index is 12.4. The molecule has 2 heterocycles. The largest absolute Gasteiger partial charge is 0.497 e. The third kappa shape index (κ3) is 4.35. The van der Waals surface area contributed by atoms with E-state index in [0.717, 1.165) is 27.1 Å². The second kappa shape index (κ2) is 8.79. The number of rotatable bonds is 8. The lowest BCUT2D eigenvalue weighted by Crippen LogP contribution is -2.26. The van der Waals surface area contributed by atoms with Crippen LogP contribution in [0.4, 0.5) is 5.82 Å². The first-order valence-electron chi connectivity index (χ1n) is 8.52. The van der Waals surface area contributed by atoms with Crippen molar-refractivity contribution in [3.63, 3.8) is 0 Å². The summed E-state index contributed by atoms with van der Waals surface area (Å²) < 4.78 is 10.2. The summed E-state index contributed by atoms with van der Waals surface area (Å²) in [6, 6.07) is 7.84. The monoisotopic (exact) mass is 386 g/mol. The van der Waals surface area contributed by atoms with Crippen LogP contribution >= 0.6 is 11.3 Å². The number of carbonyl (C=O) groups is 1. The molecule has 2 N–H and O–H groups in total. The molecule has 142 valence electrons. The number of aromatic nitrogens is 2. The molecular formula is C19H22N4O3S. The summed E-state index contributed by atoms with van der Waals surface area (Å²) in [5, 5.41) is 7.08. The number of fused-ring (bicyclic) bond motifs is 1. The molecule has 27 heavy (non-hydrogen) atoms. The van der Waals surface area contributed by atoms with Crippen LogP contribution in [0.5, 0.6) is 5.75 Å². The van der Waals surface area contributed by atoms with E-state index in [9.17, 15) is 4.79 Å². The zero-order valence-corrected chi connectivity index (χ0v) is 16.4. The van der Waals surface area contributed by atoms with Gasteiger partial charge in [-0.15, -0.1) is 11.3 Å². The highest BCUT2D eigenvalue weighted by Crippen LogP contribution is 2.33. The lowest BCUT2D eigenvalue weighted by atomic mass is 10.2. The molecule has 0 bridgehead atoms. The number of nitrogens with one attached hydrogen (secondary N) is 2. The van der Waals surface area contributed by atoms with Gasteiger partial charge in [0.05, 0.1) is 24.0 Å². The SMILES string of the molecule is COCCNC(=O)c1sc2ncnc(NCc3cccc(OC)c3)c2c1C. The van der Waals surface area contributed by atoms with Crippen molar-refractivity contribution in [1.82, 2.24) is 15.3 Å². The van der Waals surface area contributed by atoms with Crippen LogP contribution in [0.3, 0.4) is 0 Å². The van der Waals surface area contributed by atoms with Gasteiger partial charge in [0.25, 0.3) is 5.91 Å². The van der Waals surface area contributed by atoms with Gasteiger partial charge in [0.2, 0.25) is 0 Å². The fraction of sp³-hybridized carbons (Fsp3) is 0.316. The summed E-state index contributed by atoms with van der Waals surface area (Å²) >= 11 is 1.37. The maximum absolute atomic E-state index is 12.4. The van der Waals surface area contributed by atoms with E-state index in [1.807, 2.05) is 31.2 Å². The number of thiophene rings is 1. The zero-order valence-electron chi connectivity index (χ0n) is 15.5. The van der Waals surface area contributed by atoms with Gasteiger partial charge in [0.1, 0.15) is 22.7 Å². The number of amides is 1. The Balaban J connectivity index is 1.82. The minimum atomic E-state index is -0.119. The number of benzene rings is 1. The molecule has 0 aliphatic rings. The fourth-order valence-corrected chi connectivity index (χ4v) is 3.80. The zero-order chi connectivity index (χ0) is 19.2. The molecule has 0 aliphatic carbocycles. The molecule has 0 fully saturated rings. The topological polar surface area (TPSA) is 85.4 Å². The number of anilines is 1. The predicted octanol–water partition coefficient (Wildman–Crippen LogP) is 3.00. The molecule has 3 rings (SSSR count). The quantitative estimate of drug-likeness (QED) is 0.579. The summed E-state index contributed by atoms with van der Waals surface area (Å²) in [6.45, 7) is 3.45. The van der Waals surface area contributed by atoms with Crippen LogP contribution in [-0.2, 0) is 11.3 Å². The third-order valence-electron chi connectivity index (χ3n) is 4.12. The molecule has 8 heteroatoms. The number of aryl methyl sites for hydroxylation is 1. The van der Waals surface area contributed by atoms with E-state index in [4.69, 9.17) is 9.47 Å². The average molecular weight is 386 g/mol. The van der Waals surface area contributed by atoms with Crippen LogP contribution in [0.25, 0.3) is 10.2 Å². The predicted molar refractivity (Wildman–Crippen MR) is 107 cm³/mol. The number of ether oxygens (including phenoxy) is 2. The van der Waals surface area contributed by atoms with E-state index < -0.39 is 0 Å². The smallest absolute Gasteiger partial charge is 0.261 e. The van der Waals surface area contributed by atoms with E-state index in [-0.39, 0.29) is 5.91 Å². The van der Waals surface area contributed by atoms with Gasteiger partial charge < -0.3 is 20.1 Å². The van der Waals surface area contributed by atoms with E-state index in [0.29, 0.717) is 30.4 Å². The molecule has 2 aromatic heterocycles. The van der Waals surface area contributed by atoms with E-state index in [1.165, 1.54) is 17.7 Å². The summed E-state index contributed by atoms with van der Waals surface area (Å²) in [5.41, 5.74) is 1.95. The Bertz CT molecular complexity index is 942. The van der Waals surface area contributed by atoms with Crippen LogP contribution < -0.4 is 15.4 Å². The number of hydrogen-bond acceptors (Lipinski definition) is 7. The number of carbonyl (C=O) groups excluding carboxylic acids is 1. The Hall–Kier alpha value is -2.71. The minimum Gasteiger partial charge on any atom is -0.497 e. The molecule has 1 aromatic carbocycles. The number of nitrogens with zero attached hydrogens (tertiary/aromatic N) is 2. The fourth-order valence-electron chi connectivity index (χ4n) is 2.74. The highest BCUT2D eigenvalue weighted by atomic mass is 32.1. The lowest BCUT2D eigenvalue weighted by Gasteiger charge is -2.09. The highest BCUT2D eigenvalue weighted by Gasteiger charge is 2.19. The van der Waals surface area contributed by atoms with Crippen LogP contribution in [0.15, 0.2) is 30.6 Å². The summed E-state index contributed by atoms with van der Waals surface area (Å²) in [4.78, 5) is 22.6. The first-order chi connectivity index (χ1) is 13.1. The number of methoxy groups -OCH3 is 2. The Morgan fingerprint density at radius 3 is 2.89 bits per heavy atom. The molecule has 0 unspecified atom stereocenters. The number of hydrogen-bond donors (Lipinski definition) is 2. The Kier molecular flexibility index (Phi) is 6.20. The van der Waals surface area contributed by atoms with E-state index in [2.05, 4.69) is 20.6 Å². The van der Waals surface area contributed by atoms with Crippen LogP contribution in [0.2, 0.25) is 0 Å². The van der Waals surface area contributed by atoms with Crippen LogP contribution in [0, 0.1) is 6.92 Å². The second-order valence-corrected chi connectivity index (χ2v) is 6.91. The maximum Gasteiger partial charge on any atom is 0.261 e. The molecule has 0 radical (unpaired) electrons. The molecule has 7 nitrogen and oxygen atoms in total. The second-order valence-electron chi connectivity index (χ2n) is 5.91. The van der Waals surface area contributed by atoms with Crippen molar-refractivity contribution in [2.75, 3.05) is 32.7 Å². The Labute approximate surface area is 161 Å². The Morgan fingerprint density at radius 2 is 2.11 bits per heavy atom. The van der Waals surface area contributed by atoms with Crippen LogP contribution in [0.1, 0.15) is 20.8 Å². The molecule has 0 spiro atoms. The molecule has 0 saturated carbocycles. The van der Waals surface area contributed by atoms with E-state index >= 15 is 0 Å². The molecule has 3 aromatic rings. The van der Waals surface area contributed by atoms with Crippen molar-refractivity contribution < 1.29 is 14.3 Å². The lowest BCUT2D eigenvalue weighted by molar-refractivity contribution is 0.0940. The van der Waals surface area contributed by atoms with Crippen molar-refractivity contribution in [1.29, 1.82) is 0 Å². The first-order valence-corrected chi connectivity index (χ1v) is 9.33. The summed E-state index contributed by atoms with van der Waals surface area (Å²) in [5.74, 6) is 1.41. The molecule has 0 atom stereocenters. The van der Waals surface area contributed by atoms with Gasteiger partial charge >= 0.3 is 0 Å². The van der Waals surface area contributed by atoms with E-state index in [1.54, 1.807) is 14.2 Å². The third-order valence-corrected chi connectivity index (χ3v) is 5.32. The standard InChI is InChI=1S/C19H22N4O3S/c1-12-15-17(21-10-13-5-4-6-14(9-13)26-3)22-11-23-19(15)27-16(12)18(24)20-7-8-25-2/h4-6,9,11H,7-8,10H2,1-3H3,(H,20,24)(H,21,22,23). The van der Waals surface area contributed by atoms with Crippen molar-refractivity contribution in [2.24, 2.45) is 0 Å². The highest BCUT2D eigenvalue weighted by molar-refractivity contribution is 7.20. The van der Waals surface area contributed by atoms with Gasteiger partial charge in [-0.3, -0.25) is 4.79 Å². The van der Waals surface area contributed by atoms with Crippen molar-refractivity contribution in [2.45, 2.75) is 13.5 Å². The molecular weight excluding hydrogens is 364 g/mol. The minimum absolute atomic E-state index is 0.119. The summed E-state index contributed by atoms with van der Waals surface area (Å²) in [6.07, 6.45) is 1.51. The van der Waals surface area contributed by atoms with Gasteiger partial charge in [-0.2, -0.15) is 0 Å². The van der Waals surface area contributed by atoms with Gasteiger partial charge in [-0.05, 0) is 30.2 Å². The van der Waals surface area contributed by atoms with Crippen molar-refractivity contribution >= 4 is 33.3 Å². The Morgan fingerprint density at radius 1 is 1.26 bits per heavy atom. The summed E-state index contributed by atoms with van der Waals surface area (Å²) in [7, 11) is 3.25. The molecule has 0 aliphatic heterocycles. The first kappa shape index (κ1) is 19.1. The average Bonchev–Trinajstić information content (AvgIpc) is 3.04. The van der Waals surface area contributed by atoms with Crippen molar-refractivity contribution in [3.05, 3.63) is 46.6 Å². The van der Waals surface area contributed by atoms with Gasteiger partial charge in [-0.1, -0.05) is 12.1 Å². The van der Waals surface area contributed by atoms with Crippen LogP contribution in [-0.4, -0.2) is 43.2 Å². The normalized spacial score (nSPS) is 10.8.